The summed E-state index contributed by atoms with van der Waals surface area (Å²) in [6, 6.07) is 1.81. The van der Waals surface area contributed by atoms with E-state index >= 15 is 0 Å². The molecule has 0 aliphatic rings. The van der Waals surface area contributed by atoms with Crippen LogP contribution in [-0.2, 0) is 4.79 Å². The van der Waals surface area contributed by atoms with E-state index in [1.54, 1.807) is 0 Å². The van der Waals surface area contributed by atoms with Gasteiger partial charge in [-0.15, -0.1) is 0 Å². The van der Waals surface area contributed by atoms with Crippen molar-refractivity contribution in [3.8, 4) is 0 Å². The number of nitrogens with one attached hydrogen (secondary N) is 1. The molecule has 0 spiro atoms. The molecule has 1 heterocycles. The number of hydrogen-bond acceptors (Lipinski definition) is 2. The second-order valence-electron chi connectivity index (χ2n) is 3.13. The predicted octanol–water partition coefficient (Wildman–Crippen LogP) is 2.12. The van der Waals surface area contributed by atoms with Crippen LogP contribution in [0.2, 0.25) is 0 Å². The van der Waals surface area contributed by atoms with Crippen molar-refractivity contribution in [1.82, 2.24) is 4.98 Å². The van der Waals surface area contributed by atoms with Gasteiger partial charge in [0.2, 0.25) is 0 Å². The standard InChI is InChI=1S/C10H13NO2/c1-6-4-9(8(3)11-6)10(13)5-7(2)12/h4-5,11,13H,1-3H3/b10-5-. The highest BCUT2D eigenvalue weighted by molar-refractivity contribution is 5.93. The Morgan fingerprint density at radius 3 is 2.54 bits per heavy atom. The monoisotopic (exact) mass is 179 g/mol. The molecule has 0 aliphatic carbocycles. The Kier molecular flexibility index (Phi) is 2.56. The highest BCUT2D eigenvalue weighted by atomic mass is 16.3. The third-order valence-electron chi connectivity index (χ3n) is 1.77. The Morgan fingerprint density at radius 2 is 2.15 bits per heavy atom. The molecule has 1 aromatic heterocycles. The summed E-state index contributed by atoms with van der Waals surface area (Å²) in [7, 11) is 0. The number of aryl methyl sites for hydroxylation is 2. The van der Waals surface area contributed by atoms with E-state index in [0.717, 1.165) is 11.4 Å². The predicted molar refractivity (Wildman–Crippen MR) is 51.6 cm³/mol. The molecule has 0 radical (unpaired) electrons. The number of aromatic amines is 1. The van der Waals surface area contributed by atoms with E-state index < -0.39 is 0 Å². The zero-order valence-corrected chi connectivity index (χ0v) is 8.01. The van der Waals surface area contributed by atoms with E-state index in [1.807, 2.05) is 19.9 Å². The van der Waals surface area contributed by atoms with Gasteiger partial charge in [-0.1, -0.05) is 0 Å². The molecular formula is C10H13NO2. The molecule has 0 saturated heterocycles. The molecule has 0 aliphatic heterocycles. The van der Waals surface area contributed by atoms with Gasteiger partial charge in [-0.25, -0.2) is 0 Å². The smallest absolute Gasteiger partial charge is 0.156 e. The fraction of sp³-hybridized carbons (Fsp3) is 0.300. The number of hydrogen-bond donors (Lipinski definition) is 2. The molecule has 70 valence electrons. The first-order valence-corrected chi connectivity index (χ1v) is 4.08. The van der Waals surface area contributed by atoms with Crippen molar-refractivity contribution in [1.29, 1.82) is 0 Å². The summed E-state index contributed by atoms with van der Waals surface area (Å²) in [6.07, 6.45) is 1.22. The maximum absolute atomic E-state index is 10.7. The minimum Gasteiger partial charge on any atom is -0.507 e. The third kappa shape index (κ3) is 2.21. The molecule has 0 atom stereocenters. The number of carbonyl (C=O) groups is 1. The first kappa shape index (κ1) is 9.58. The number of allylic oxidation sites excluding steroid dienone is 1. The first-order valence-electron chi connectivity index (χ1n) is 4.08. The topological polar surface area (TPSA) is 53.1 Å². The molecule has 2 N–H and O–H groups in total. The lowest BCUT2D eigenvalue weighted by Crippen LogP contribution is -1.88. The lowest BCUT2D eigenvalue weighted by molar-refractivity contribution is -0.112. The van der Waals surface area contributed by atoms with Crippen LogP contribution >= 0.6 is 0 Å². The van der Waals surface area contributed by atoms with Crippen molar-refractivity contribution in [2.24, 2.45) is 0 Å². The summed E-state index contributed by atoms with van der Waals surface area (Å²) in [5, 5.41) is 9.51. The minimum absolute atomic E-state index is 0.0225. The fourth-order valence-corrected chi connectivity index (χ4v) is 1.26. The number of aliphatic hydroxyl groups is 1. The molecule has 0 fully saturated rings. The van der Waals surface area contributed by atoms with Crippen molar-refractivity contribution in [3.63, 3.8) is 0 Å². The molecule has 0 saturated carbocycles. The van der Waals surface area contributed by atoms with Crippen LogP contribution in [0.3, 0.4) is 0 Å². The van der Waals surface area contributed by atoms with Gasteiger partial charge >= 0.3 is 0 Å². The van der Waals surface area contributed by atoms with E-state index in [2.05, 4.69) is 4.98 Å². The largest absolute Gasteiger partial charge is 0.507 e. The molecule has 0 bridgehead atoms. The Bertz CT molecular complexity index is 361. The van der Waals surface area contributed by atoms with E-state index in [4.69, 9.17) is 0 Å². The van der Waals surface area contributed by atoms with Gasteiger partial charge in [0.25, 0.3) is 0 Å². The summed E-state index contributed by atoms with van der Waals surface area (Å²) in [6.45, 7) is 5.16. The lowest BCUT2D eigenvalue weighted by Gasteiger charge is -1.96. The molecule has 0 unspecified atom stereocenters. The van der Waals surface area contributed by atoms with E-state index in [9.17, 15) is 9.90 Å². The molecule has 3 heteroatoms. The normalized spacial score (nSPS) is 11.8. The Hall–Kier alpha value is -1.51. The summed E-state index contributed by atoms with van der Waals surface area (Å²) < 4.78 is 0. The number of aromatic nitrogens is 1. The number of carbonyl (C=O) groups excluding carboxylic acids is 1. The van der Waals surface area contributed by atoms with Crippen LogP contribution in [0, 0.1) is 13.8 Å². The van der Waals surface area contributed by atoms with Crippen LogP contribution in [0.25, 0.3) is 5.76 Å². The molecule has 1 aromatic rings. The van der Waals surface area contributed by atoms with Crippen molar-refractivity contribution in [2.45, 2.75) is 20.8 Å². The summed E-state index contributed by atoms with van der Waals surface area (Å²) in [5.41, 5.74) is 2.52. The van der Waals surface area contributed by atoms with Gasteiger partial charge in [-0.2, -0.15) is 0 Å². The van der Waals surface area contributed by atoms with Crippen LogP contribution < -0.4 is 0 Å². The first-order chi connectivity index (χ1) is 6.00. The van der Waals surface area contributed by atoms with Crippen LogP contribution in [-0.4, -0.2) is 15.9 Å². The van der Waals surface area contributed by atoms with Crippen molar-refractivity contribution >= 4 is 11.5 Å². The molecule has 3 nitrogen and oxygen atoms in total. The average molecular weight is 179 g/mol. The maximum Gasteiger partial charge on any atom is 0.156 e. The second kappa shape index (κ2) is 3.47. The van der Waals surface area contributed by atoms with Crippen LogP contribution in [0.5, 0.6) is 0 Å². The summed E-state index contributed by atoms with van der Waals surface area (Å²) in [5.74, 6) is -0.134. The molecular weight excluding hydrogens is 166 g/mol. The number of rotatable bonds is 2. The SMILES string of the molecule is CC(=O)/C=C(\O)c1cc(C)[nH]c1C. The summed E-state index contributed by atoms with van der Waals surface area (Å²) >= 11 is 0. The lowest BCUT2D eigenvalue weighted by atomic mass is 10.2. The maximum atomic E-state index is 10.7. The molecule has 0 amide bonds. The van der Waals surface area contributed by atoms with Gasteiger partial charge in [0, 0.05) is 23.0 Å². The van der Waals surface area contributed by atoms with E-state index in [0.29, 0.717) is 5.56 Å². The van der Waals surface area contributed by atoms with Gasteiger partial charge in [0.1, 0.15) is 5.76 Å². The summed E-state index contributed by atoms with van der Waals surface area (Å²) in [4.78, 5) is 13.7. The number of H-pyrrole nitrogens is 1. The van der Waals surface area contributed by atoms with Gasteiger partial charge in [0.05, 0.1) is 0 Å². The van der Waals surface area contributed by atoms with Crippen LogP contribution in [0.4, 0.5) is 0 Å². The van der Waals surface area contributed by atoms with Gasteiger partial charge in [-0.05, 0) is 26.8 Å². The minimum atomic E-state index is -0.157. The number of aliphatic hydroxyl groups excluding tert-OH is 1. The average Bonchev–Trinajstić information content (AvgIpc) is 2.28. The zero-order chi connectivity index (χ0) is 10.0. The van der Waals surface area contributed by atoms with Crippen molar-refractivity contribution in [3.05, 3.63) is 29.1 Å². The van der Waals surface area contributed by atoms with E-state index in [-0.39, 0.29) is 11.5 Å². The molecule has 1 rings (SSSR count). The number of ketones is 1. The second-order valence-corrected chi connectivity index (χ2v) is 3.13. The highest BCUT2D eigenvalue weighted by Gasteiger charge is 2.06. The van der Waals surface area contributed by atoms with Gasteiger partial charge in [-0.3, -0.25) is 4.79 Å². The van der Waals surface area contributed by atoms with Crippen molar-refractivity contribution < 1.29 is 9.90 Å². The Labute approximate surface area is 77.1 Å². The van der Waals surface area contributed by atoms with Crippen LogP contribution in [0.15, 0.2) is 12.1 Å². The van der Waals surface area contributed by atoms with E-state index in [1.165, 1.54) is 13.0 Å². The third-order valence-corrected chi connectivity index (χ3v) is 1.77. The van der Waals surface area contributed by atoms with Gasteiger partial charge < -0.3 is 10.1 Å². The Balaban J connectivity index is 3.08. The van der Waals surface area contributed by atoms with Crippen LogP contribution in [0.1, 0.15) is 23.9 Å². The molecule has 13 heavy (non-hydrogen) atoms. The quantitative estimate of drug-likeness (QED) is 0.539. The highest BCUT2D eigenvalue weighted by Crippen LogP contribution is 2.17. The van der Waals surface area contributed by atoms with Crippen molar-refractivity contribution in [2.75, 3.05) is 0 Å². The fourth-order valence-electron chi connectivity index (χ4n) is 1.26. The van der Waals surface area contributed by atoms with Gasteiger partial charge in [0.15, 0.2) is 5.78 Å². The zero-order valence-electron chi connectivity index (χ0n) is 8.01. The molecule has 0 aromatic carbocycles. The Morgan fingerprint density at radius 1 is 1.54 bits per heavy atom.